The molecule has 2 aliphatic rings. The molecule has 1 aliphatic heterocycles. The van der Waals surface area contributed by atoms with Crippen molar-refractivity contribution in [3.63, 3.8) is 0 Å². The quantitative estimate of drug-likeness (QED) is 0.770. The first kappa shape index (κ1) is 18.2. The van der Waals surface area contributed by atoms with Gasteiger partial charge in [-0.2, -0.15) is 0 Å². The van der Waals surface area contributed by atoms with Crippen LogP contribution in [-0.2, 0) is 16.0 Å². The number of carboxylic acids is 1. The molecule has 0 unspecified atom stereocenters. The number of aliphatic carboxylic acids is 1. The molecule has 0 atom stereocenters. The second-order valence-corrected chi connectivity index (χ2v) is 6.97. The maximum absolute atomic E-state index is 12.2. The molecule has 1 saturated carbocycles. The van der Waals surface area contributed by atoms with Crippen molar-refractivity contribution in [3.8, 4) is 0 Å². The van der Waals surface area contributed by atoms with Gasteiger partial charge in [0.1, 0.15) is 0 Å². The van der Waals surface area contributed by atoms with Crippen molar-refractivity contribution in [3.05, 3.63) is 23.8 Å². The molecule has 7 nitrogen and oxygen atoms in total. The lowest BCUT2D eigenvalue weighted by Gasteiger charge is -2.29. The molecule has 7 heteroatoms. The number of hydrogen-bond acceptors (Lipinski definition) is 3. The third-order valence-corrected chi connectivity index (χ3v) is 5.27. The number of rotatable bonds is 4. The van der Waals surface area contributed by atoms with Gasteiger partial charge in [-0.1, -0.05) is 0 Å². The number of anilines is 2. The van der Waals surface area contributed by atoms with Crippen LogP contribution in [0.15, 0.2) is 18.2 Å². The van der Waals surface area contributed by atoms with E-state index in [0.717, 1.165) is 11.3 Å². The summed E-state index contributed by atoms with van der Waals surface area (Å²) in [6.07, 6.45) is 3.73. The van der Waals surface area contributed by atoms with Crippen molar-refractivity contribution in [2.75, 3.05) is 16.8 Å². The maximum Gasteiger partial charge on any atom is 0.319 e. The SMILES string of the molecule is CCN1C(=O)CCc2cc(NC(=O)NC3CCC(C(=O)O)CC3)ccc21. The Balaban J connectivity index is 1.57. The molecule has 1 heterocycles. The molecule has 3 rings (SSSR count). The van der Waals surface area contributed by atoms with Gasteiger partial charge in [0.25, 0.3) is 0 Å². The first-order valence-electron chi connectivity index (χ1n) is 9.21. The zero-order valence-electron chi connectivity index (χ0n) is 15.0. The average Bonchev–Trinajstić information content (AvgIpc) is 2.62. The van der Waals surface area contributed by atoms with Gasteiger partial charge >= 0.3 is 12.0 Å². The summed E-state index contributed by atoms with van der Waals surface area (Å²) in [5.41, 5.74) is 2.68. The third-order valence-electron chi connectivity index (χ3n) is 5.27. The third kappa shape index (κ3) is 3.98. The molecule has 1 aromatic carbocycles. The Morgan fingerprint density at radius 3 is 2.58 bits per heavy atom. The van der Waals surface area contributed by atoms with Crippen LogP contribution in [0.25, 0.3) is 0 Å². The Bertz CT molecular complexity index is 711. The van der Waals surface area contributed by atoms with E-state index in [4.69, 9.17) is 5.11 Å². The number of benzene rings is 1. The van der Waals surface area contributed by atoms with E-state index in [-0.39, 0.29) is 23.9 Å². The summed E-state index contributed by atoms with van der Waals surface area (Å²) < 4.78 is 0. The zero-order chi connectivity index (χ0) is 18.7. The van der Waals surface area contributed by atoms with Gasteiger partial charge in [-0.15, -0.1) is 0 Å². The van der Waals surface area contributed by atoms with Crippen LogP contribution in [0.2, 0.25) is 0 Å². The molecule has 0 bridgehead atoms. The summed E-state index contributed by atoms with van der Waals surface area (Å²) in [7, 11) is 0. The zero-order valence-corrected chi connectivity index (χ0v) is 15.0. The van der Waals surface area contributed by atoms with Gasteiger partial charge in [0.15, 0.2) is 0 Å². The number of carbonyl (C=O) groups excluding carboxylic acids is 2. The minimum absolute atomic E-state index is 0.0106. The summed E-state index contributed by atoms with van der Waals surface area (Å²) in [6.45, 7) is 2.59. The molecular weight excluding hydrogens is 334 g/mol. The molecule has 1 aromatic rings. The Hall–Kier alpha value is -2.57. The van der Waals surface area contributed by atoms with Crippen LogP contribution in [-0.4, -0.2) is 35.6 Å². The predicted octanol–water partition coefficient (Wildman–Crippen LogP) is 2.75. The molecule has 1 fully saturated rings. The number of nitrogens with one attached hydrogen (secondary N) is 2. The van der Waals surface area contributed by atoms with Gasteiger partial charge in [0.2, 0.25) is 5.91 Å². The number of fused-ring (bicyclic) bond motifs is 1. The highest BCUT2D eigenvalue weighted by Gasteiger charge is 2.27. The van der Waals surface area contributed by atoms with Gasteiger partial charge in [-0.25, -0.2) is 4.79 Å². The van der Waals surface area contributed by atoms with Crippen LogP contribution in [0.4, 0.5) is 16.2 Å². The fraction of sp³-hybridized carbons (Fsp3) is 0.526. The fourth-order valence-corrected chi connectivity index (χ4v) is 3.82. The largest absolute Gasteiger partial charge is 0.481 e. The number of nitrogens with zero attached hydrogens (tertiary/aromatic N) is 1. The molecule has 1 aliphatic carbocycles. The monoisotopic (exact) mass is 359 g/mol. The van der Waals surface area contributed by atoms with Gasteiger partial charge in [0.05, 0.1) is 5.92 Å². The van der Waals surface area contributed by atoms with Crippen LogP contribution >= 0.6 is 0 Å². The first-order valence-corrected chi connectivity index (χ1v) is 9.21. The standard InChI is InChI=1S/C19H25N3O4/c1-2-22-16-9-8-15(11-13(16)5-10-17(22)23)21-19(26)20-14-6-3-12(4-7-14)18(24)25/h8-9,11-12,14H,2-7,10H2,1H3,(H,24,25)(H2,20,21,26). The van der Waals surface area contributed by atoms with Crippen molar-refractivity contribution >= 4 is 29.3 Å². The van der Waals surface area contributed by atoms with Gasteiger partial charge in [-0.3, -0.25) is 9.59 Å². The van der Waals surface area contributed by atoms with Crippen LogP contribution in [0.1, 0.15) is 44.6 Å². The van der Waals surface area contributed by atoms with Crippen molar-refractivity contribution < 1.29 is 19.5 Å². The molecule has 3 amide bonds. The highest BCUT2D eigenvalue weighted by Crippen LogP contribution is 2.30. The highest BCUT2D eigenvalue weighted by atomic mass is 16.4. The van der Waals surface area contributed by atoms with Crippen molar-refractivity contribution in [2.24, 2.45) is 5.92 Å². The molecule has 0 radical (unpaired) electrons. The van der Waals surface area contributed by atoms with E-state index in [2.05, 4.69) is 10.6 Å². The highest BCUT2D eigenvalue weighted by molar-refractivity contribution is 5.97. The Labute approximate surface area is 152 Å². The van der Waals surface area contributed by atoms with E-state index in [1.165, 1.54) is 0 Å². The second-order valence-electron chi connectivity index (χ2n) is 6.97. The van der Waals surface area contributed by atoms with E-state index in [9.17, 15) is 14.4 Å². The topological polar surface area (TPSA) is 98.7 Å². The Morgan fingerprint density at radius 2 is 1.92 bits per heavy atom. The van der Waals surface area contributed by atoms with E-state index in [1.807, 2.05) is 19.1 Å². The number of hydrogen-bond donors (Lipinski definition) is 3. The smallest absolute Gasteiger partial charge is 0.319 e. The van der Waals surface area contributed by atoms with E-state index < -0.39 is 5.97 Å². The molecular formula is C19H25N3O4. The number of urea groups is 1. The first-order chi connectivity index (χ1) is 12.5. The van der Waals surface area contributed by atoms with E-state index in [1.54, 1.807) is 11.0 Å². The predicted molar refractivity (Wildman–Crippen MR) is 98.3 cm³/mol. The number of carbonyl (C=O) groups is 3. The normalized spacial score (nSPS) is 22.5. The van der Waals surface area contributed by atoms with Crippen molar-refractivity contribution in [1.29, 1.82) is 0 Å². The summed E-state index contributed by atoms with van der Waals surface area (Å²) in [5, 5.41) is 14.8. The Morgan fingerprint density at radius 1 is 1.19 bits per heavy atom. The summed E-state index contributed by atoms with van der Waals surface area (Å²) in [5.74, 6) is -0.905. The maximum atomic E-state index is 12.2. The minimum Gasteiger partial charge on any atom is -0.481 e. The molecule has 3 N–H and O–H groups in total. The summed E-state index contributed by atoms with van der Waals surface area (Å²) in [4.78, 5) is 36.9. The van der Waals surface area contributed by atoms with Gasteiger partial charge in [0, 0.05) is 30.4 Å². The van der Waals surface area contributed by atoms with Crippen LogP contribution < -0.4 is 15.5 Å². The lowest BCUT2D eigenvalue weighted by molar-refractivity contribution is -0.142. The van der Waals surface area contributed by atoms with Gasteiger partial charge < -0.3 is 20.6 Å². The number of aryl methyl sites for hydroxylation is 1. The fourth-order valence-electron chi connectivity index (χ4n) is 3.82. The van der Waals surface area contributed by atoms with Crippen LogP contribution in [0, 0.1) is 5.92 Å². The van der Waals surface area contributed by atoms with Crippen molar-refractivity contribution in [1.82, 2.24) is 5.32 Å². The summed E-state index contributed by atoms with van der Waals surface area (Å²) >= 11 is 0. The van der Waals surface area contributed by atoms with Gasteiger partial charge in [-0.05, 0) is 62.8 Å². The van der Waals surface area contributed by atoms with E-state index in [0.29, 0.717) is 50.8 Å². The minimum atomic E-state index is -0.749. The summed E-state index contributed by atoms with van der Waals surface area (Å²) in [6, 6.07) is 5.34. The number of carboxylic acid groups (broad SMARTS) is 1. The Kier molecular flexibility index (Phi) is 5.44. The number of amides is 3. The molecule has 0 saturated heterocycles. The molecule has 26 heavy (non-hydrogen) atoms. The molecule has 140 valence electrons. The average molecular weight is 359 g/mol. The lowest BCUT2D eigenvalue weighted by atomic mass is 9.86. The second kappa shape index (κ2) is 7.76. The van der Waals surface area contributed by atoms with Crippen LogP contribution in [0.3, 0.4) is 0 Å². The van der Waals surface area contributed by atoms with E-state index >= 15 is 0 Å². The molecule has 0 aromatic heterocycles. The van der Waals surface area contributed by atoms with Crippen LogP contribution in [0.5, 0.6) is 0 Å². The lowest BCUT2D eigenvalue weighted by Crippen LogP contribution is -2.41. The van der Waals surface area contributed by atoms with Crippen molar-refractivity contribution in [2.45, 2.75) is 51.5 Å². The molecule has 0 spiro atoms.